The average molecular weight is 287 g/mol. The quantitative estimate of drug-likeness (QED) is 0.614. The number of benzene rings is 1. The summed E-state index contributed by atoms with van der Waals surface area (Å²) in [6.45, 7) is 0.344. The van der Waals surface area contributed by atoms with E-state index >= 15 is 0 Å². The normalized spacial score (nSPS) is 13.0. The number of rotatable bonds is 6. The third-order valence-corrected chi connectivity index (χ3v) is 3.44. The SMILES string of the molecule is COC(CN)C(=O)NCc1ccc(S(N)(=O)=O)cc1. The molecule has 19 heavy (non-hydrogen) atoms. The van der Waals surface area contributed by atoms with E-state index in [1.807, 2.05) is 0 Å². The number of hydrogen-bond donors (Lipinski definition) is 3. The summed E-state index contributed by atoms with van der Waals surface area (Å²) in [6, 6.07) is 5.91. The first-order valence-corrected chi connectivity index (χ1v) is 7.05. The largest absolute Gasteiger partial charge is 0.370 e. The van der Waals surface area contributed by atoms with Crippen molar-refractivity contribution in [3.63, 3.8) is 0 Å². The first kappa shape index (κ1) is 15.6. The van der Waals surface area contributed by atoms with Crippen molar-refractivity contribution < 1.29 is 17.9 Å². The molecule has 1 aromatic carbocycles. The summed E-state index contributed by atoms with van der Waals surface area (Å²) in [5.74, 6) is -0.319. The maximum atomic E-state index is 11.6. The number of carbonyl (C=O) groups is 1. The van der Waals surface area contributed by atoms with Crippen molar-refractivity contribution >= 4 is 15.9 Å². The molecular formula is C11H17N3O4S. The molecule has 0 bridgehead atoms. The third kappa shape index (κ3) is 4.60. The molecule has 106 valence electrons. The van der Waals surface area contributed by atoms with Gasteiger partial charge in [0.05, 0.1) is 4.90 Å². The van der Waals surface area contributed by atoms with E-state index in [0.29, 0.717) is 0 Å². The first-order valence-electron chi connectivity index (χ1n) is 5.50. The second-order valence-corrected chi connectivity index (χ2v) is 5.43. The molecule has 1 rings (SSSR count). The van der Waals surface area contributed by atoms with Crippen molar-refractivity contribution in [3.8, 4) is 0 Å². The number of nitrogens with two attached hydrogens (primary N) is 2. The topological polar surface area (TPSA) is 125 Å². The Morgan fingerprint density at radius 1 is 1.37 bits per heavy atom. The van der Waals surface area contributed by atoms with E-state index in [2.05, 4.69) is 5.32 Å². The van der Waals surface area contributed by atoms with Gasteiger partial charge in [0.2, 0.25) is 10.0 Å². The molecule has 0 radical (unpaired) electrons. The molecule has 0 aliphatic carbocycles. The minimum Gasteiger partial charge on any atom is -0.370 e. The zero-order chi connectivity index (χ0) is 14.5. The Balaban J connectivity index is 2.62. The smallest absolute Gasteiger partial charge is 0.250 e. The van der Waals surface area contributed by atoms with Crippen LogP contribution in [-0.4, -0.2) is 34.1 Å². The van der Waals surface area contributed by atoms with Gasteiger partial charge in [0.15, 0.2) is 0 Å². The fraction of sp³-hybridized carbons (Fsp3) is 0.364. The van der Waals surface area contributed by atoms with Crippen LogP contribution in [0.4, 0.5) is 0 Å². The number of nitrogens with one attached hydrogen (secondary N) is 1. The van der Waals surface area contributed by atoms with Crippen LogP contribution < -0.4 is 16.2 Å². The van der Waals surface area contributed by atoms with Crippen LogP contribution in [-0.2, 0) is 26.1 Å². The number of amides is 1. The van der Waals surface area contributed by atoms with E-state index in [1.54, 1.807) is 12.1 Å². The molecule has 5 N–H and O–H groups in total. The number of methoxy groups -OCH3 is 1. The van der Waals surface area contributed by atoms with E-state index in [1.165, 1.54) is 19.2 Å². The van der Waals surface area contributed by atoms with E-state index in [0.717, 1.165) is 5.56 Å². The van der Waals surface area contributed by atoms with Crippen molar-refractivity contribution in [3.05, 3.63) is 29.8 Å². The molecule has 0 saturated carbocycles. The summed E-state index contributed by atoms with van der Waals surface area (Å²) in [5, 5.41) is 7.61. The highest BCUT2D eigenvalue weighted by molar-refractivity contribution is 7.89. The summed E-state index contributed by atoms with van der Waals surface area (Å²) < 4.78 is 27.0. The summed E-state index contributed by atoms with van der Waals surface area (Å²) in [7, 11) is -2.30. The maximum Gasteiger partial charge on any atom is 0.250 e. The molecule has 1 atom stereocenters. The summed E-state index contributed by atoms with van der Waals surface area (Å²) >= 11 is 0. The zero-order valence-corrected chi connectivity index (χ0v) is 11.3. The number of carbonyl (C=O) groups excluding carboxylic acids is 1. The Kier molecular flexibility index (Phi) is 5.43. The van der Waals surface area contributed by atoms with Gasteiger partial charge in [0.1, 0.15) is 6.10 Å². The Labute approximate surface area is 112 Å². The molecule has 0 aliphatic rings. The minimum atomic E-state index is -3.70. The van der Waals surface area contributed by atoms with Crippen molar-refractivity contribution in [2.75, 3.05) is 13.7 Å². The van der Waals surface area contributed by atoms with Gasteiger partial charge in [-0.25, -0.2) is 13.6 Å². The Morgan fingerprint density at radius 2 is 1.95 bits per heavy atom. The first-order chi connectivity index (χ1) is 8.88. The molecule has 7 nitrogen and oxygen atoms in total. The van der Waals surface area contributed by atoms with Crippen LogP contribution in [0.1, 0.15) is 5.56 Å². The van der Waals surface area contributed by atoms with Crippen LogP contribution in [0.15, 0.2) is 29.2 Å². The second-order valence-electron chi connectivity index (χ2n) is 3.87. The molecule has 0 spiro atoms. The highest BCUT2D eigenvalue weighted by Crippen LogP contribution is 2.08. The molecule has 1 unspecified atom stereocenters. The Morgan fingerprint density at radius 3 is 2.37 bits per heavy atom. The van der Waals surface area contributed by atoms with Crippen LogP contribution >= 0.6 is 0 Å². The number of sulfonamides is 1. The van der Waals surface area contributed by atoms with Crippen LogP contribution in [0, 0.1) is 0 Å². The zero-order valence-electron chi connectivity index (χ0n) is 10.5. The lowest BCUT2D eigenvalue weighted by atomic mass is 10.2. The van der Waals surface area contributed by atoms with Crippen LogP contribution in [0.3, 0.4) is 0 Å². The van der Waals surface area contributed by atoms with Gasteiger partial charge in [-0.2, -0.15) is 0 Å². The van der Waals surface area contributed by atoms with Crippen molar-refractivity contribution in [1.82, 2.24) is 5.32 Å². The van der Waals surface area contributed by atoms with Gasteiger partial charge in [0, 0.05) is 20.2 Å². The van der Waals surface area contributed by atoms with E-state index in [4.69, 9.17) is 15.6 Å². The fourth-order valence-electron chi connectivity index (χ4n) is 1.41. The predicted molar refractivity (Wildman–Crippen MR) is 69.5 cm³/mol. The molecular weight excluding hydrogens is 270 g/mol. The molecule has 0 aromatic heterocycles. The predicted octanol–water partition coefficient (Wildman–Crippen LogP) is -1.08. The highest BCUT2D eigenvalue weighted by Gasteiger charge is 2.15. The van der Waals surface area contributed by atoms with E-state index in [-0.39, 0.29) is 23.9 Å². The Hall–Kier alpha value is -1.48. The summed E-state index contributed by atoms with van der Waals surface area (Å²) in [5.41, 5.74) is 6.10. The molecule has 0 aliphatic heterocycles. The van der Waals surface area contributed by atoms with Crippen LogP contribution in [0.5, 0.6) is 0 Å². The van der Waals surface area contributed by atoms with Gasteiger partial charge in [-0.1, -0.05) is 12.1 Å². The van der Waals surface area contributed by atoms with E-state index in [9.17, 15) is 13.2 Å². The number of ether oxygens (including phenoxy) is 1. The van der Waals surface area contributed by atoms with Crippen LogP contribution in [0.25, 0.3) is 0 Å². The second kappa shape index (κ2) is 6.62. The van der Waals surface area contributed by atoms with Gasteiger partial charge in [-0.3, -0.25) is 4.79 Å². The molecule has 0 fully saturated rings. The van der Waals surface area contributed by atoms with Gasteiger partial charge in [0.25, 0.3) is 5.91 Å². The molecule has 0 saturated heterocycles. The lowest BCUT2D eigenvalue weighted by Gasteiger charge is -2.13. The monoisotopic (exact) mass is 287 g/mol. The fourth-order valence-corrected chi connectivity index (χ4v) is 1.93. The Bertz CT molecular complexity index is 523. The third-order valence-electron chi connectivity index (χ3n) is 2.51. The van der Waals surface area contributed by atoms with Crippen molar-refractivity contribution in [1.29, 1.82) is 0 Å². The van der Waals surface area contributed by atoms with Gasteiger partial charge >= 0.3 is 0 Å². The molecule has 8 heteroatoms. The van der Waals surface area contributed by atoms with E-state index < -0.39 is 16.1 Å². The molecule has 1 amide bonds. The lowest BCUT2D eigenvalue weighted by Crippen LogP contribution is -2.40. The highest BCUT2D eigenvalue weighted by atomic mass is 32.2. The summed E-state index contributed by atoms with van der Waals surface area (Å²) in [6.07, 6.45) is -0.691. The summed E-state index contributed by atoms with van der Waals surface area (Å²) in [4.78, 5) is 11.6. The maximum absolute atomic E-state index is 11.6. The molecule has 1 aromatic rings. The lowest BCUT2D eigenvalue weighted by molar-refractivity contribution is -0.130. The van der Waals surface area contributed by atoms with Gasteiger partial charge < -0.3 is 15.8 Å². The molecule has 0 heterocycles. The average Bonchev–Trinajstić information content (AvgIpc) is 2.37. The standard InChI is InChI=1S/C11H17N3O4S/c1-18-10(6-12)11(15)14-7-8-2-4-9(5-3-8)19(13,16)17/h2-5,10H,6-7,12H2,1H3,(H,14,15)(H2,13,16,17). The van der Waals surface area contributed by atoms with Crippen molar-refractivity contribution in [2.45, 2.75) is 17.5 Å². The van der Waals surface area contributed by atoms with Crippen LogP contribution in [0.2, 0.25) is 0 Å². The number of hydrogen-bond acceptors (Lipinski definition) is 5. The van der Waals surface area contributed by atoms with Gasteiger partial charge in [-0.15, -0.1) is 0 Å². The minimum absolute atomic E-state index is 0.0271. The van der Waals surface area contributed by atoms with Gasteiger partial charge in [-0.05, 0) is 17.7 Å². The van der Waals surface area contributed by atoms with Crippen molar-refractivity contribution in [2.24, 2.45) is 10.9 Å². The number of primary sulfonamides is 1.